The van der Waals surface area contributed by atoms with Crippen molar-refractivity contribution in [1.82, 2.24) is 3.97 Å². The van der Waals surface area contributed by atoms with E-state index in [9.17, 15) is 8.42 Å². The quantitative estimate of drug-likeness (QED) is 0.479. The molecule has 0 N–H and O–H groups in total. The smallest absolute Gasteiger partial charge is 0.220 e. The van der Waals surface area contributed by atoms with E-state index in [0.29, 0.717) is 10.5 Å². The van der Waals surface area contributed by atoms with Crippen LogP contribution in [0.15, 0.2) is 101 Å². The van der Waals surface area contributed by atoms with E-state index in [-0.39, 0.29) is 4.90 Å². The first-order valence-corrected chi connectivity index (χ1v) is 11.0. The van der Waals surface area contributed by atoms with Gasteiger partial charge in [0.25, 0.3) is 10.0 Å². The van der Waals surface area contributed by atoms with Gasteiger partial charge in [0, 0.05) is 6.20 Å². The Morgan fingerprint density at radius 3 is 2.07 bits per heavy atom. The molecule has 3 aromatic carbocycles. The Kier molecular flexibility index (Phi) is 4.98. The molecule has 1 heterocycles. The molecule has 0 aliphatic carbocycles. The maximum Gasteiger partial charge on any atom is 0.270 e. The maximum atomic E-state index is 13.3. The number of aryl methyl sites for hydroxylation is 1. The SMILES string of the molecule is Cc1ccc(S(=O)(=O)n2cc(-c3ccccc3)sc2=Nc2ccccc2)cc1. The number of hydrogen-bond donors (Lipinski definition) is 0. The molecule has 1 aromatic heterocycles. The zero-order valence-electron chi connectivity index (χ0n) is 15.2. The predicted octanol–water partition coefficient (Wildman–Crippen LogP) is 4.99. The van der Waals surface area contributed by atoms with E-state index < -0.39 is 10.0 Å². The Labute approximate surface area is 168 Å². The van der Waals surface area contributed by atoms with Crippen molar-refractivity contribution < 1.29 is 8.42 Å². The molecule has 0 aliphatic rings. The van der Waals surface area contributed by atoms with E-state index in [0.717, 1.165) is 16.0 Å². The van der Waals surface area contributed by atoms with Gasteiger partial charge in [0.15, 0.2) is 0 Å². The van der Waals surface area contributed by atoms with Crippen LogP contribution in [0.4, 0.5) is 5.69 Å². The van der Waals surface area contributed by atoms with Crippen molar-refractivity contribution in [2.24, 2.45) is 4.99 Å². The van der Waals surface area contributed by atoms with Gasteiger partial charge < -0.3 is 0 Å². The minimum atomic E-state index is -3.76. The molecule has 28 heavy (non-hydrogen) atoms. The highest BCUT2D eigenvalue weighted by molar-refractivity contribution is 7.90. The average Bonchev–Trinajstić information content (AvgIpc) is 3.14. The highest BCUT2D eigenvalue weighted by Crippen LogP contribution is 2.25. The molecule has 0 atom stereocenters. The van der Waals surface area contributed by atoms with E-state index in [4.69, 9.17) is 0 Å². The van der Waals surface area contributed by atoms with E-state index in [1.54, 1.807) is 30.5 Å². The molecule has 0 bridgehead atoms. The second-order valence-electron chi connectivity index (χ2n) is 6.31. The minimum Gasteiger partial charge on any atom is -0.220 e. The van der Waals surface area contributed by atoms with Gasteiger partial charge in [-0.25, -0.2) is 17.4 Å². The number of nitrogens with zero attached hydrogens (tertiary/aromatic N) is 2. The fourth-order valence-corrected chi connectivity index (χ4v) is 5.32. The number of hydrogen-bond acceptors (Lipinski definition) is 4. The molecule has 140 valence electrons. The van der Waals surface area contributed by atoms with E-state index >= 15 is 0 Å². The Balaban J connectivity index is 1.94. The van der Waals surface area contributed by atoms with Gasteiger partial charge in [-0.05, 0) is 36.8 Å². The van der Waals surface area contributed by atoms with E-state index in [1.807, 2.05) is 67.6 Å². The second kappa shape index (κ2) is 7.58. The molecule has 4 rings (SSSR count). The van der Waals surface area contributed by atoms with Crippen LogP contribution in [-0.4, -0.2) is 12.4 Å². The molecular weight excluding hydrogens is 388 g/mol. The summed E-state index contributed by atoms with van der Waals surface area (Å²) in [5.74, 6) is 0. The largest absolute Gasteiger partial charge is 0.270 e. The predicted molar refractivity (Wildman–Crippen MR) is 113 cm³/mol. The molecule has 6 heteroatoms. The lowest BCUT2D eigenvalue weighted by atomic mass is 10.2. The molecule has 0 radical (unpaired) electrons. The molecule has 0 saturated heterocycles. The zero-order valence-corrected chi connectivity index (χ0v) is 16.8. The lowest BCUT2D eigenvalue weighted by Gasteiger charge is -2.06. The molecular formula is C22H18N2O2S2. The van der Waals surface area contributed by atoms with Crippen molar-refractivity contribution in [3.8, 4) is 10.4 Å². The third-order valence-electron chi connectivity index (χ3n) is 4.24. The standard InChI is InChI=1S/C22H18N2O2S2/c1-17-12-14-20(15-13-17)28(25,26)24-16-21(18-8-4-2-5-9-18)27-22(24)23-19-10-6-3-7-11-19/h2-16H,1H3. The molecule has 0 amide bonds. The summed E-state index contributed by atoms with van der Waals surface area (Å²) in [6, 6.07) is 25.9. The molecule has 4 nitrogen and oxygen atoms in total. The second-order valence-corrected chi connectivity index (χ2v) is 9.13. The lowest BCUT2D eigenvalue weighted by Crippen LogP contribution is -2.23. The van der Waals surface area contributed by atoms with E-state index in [1.165, 1.54) is 15.3 Å². The molecule has 0 spiro atoms. The van der Waals surface area contributed by atoms with Crippen LogP contribution in [0.25, 0.3) is 10.4 Å². The van der Waals surface area contributed by atoms with Crippen LogP contribution in [0.5, 0.6) is 0 Å². The van der Waals surface area contributed by atoms with Gasteiger partial charge in [0.05, 0.1) is 15.5 Å². The number of aromatic nitrogens is 1. The van der Waals surface area contributed by atoms with Gasteiger partial charge in [-0.3, -0.25) is 0 Å². The van der Waals surface area contributed by atoms with Crippen LogP contribution in [-0.2, 0) is 10.0 Å². The Morgan fingerprint density at radius 1 is 0.821 bits per heavy atom. The molecule has 4 aromatic rings. The Bertz CT molecular complexity index is 1260. The van der Waals surface area contributed by atoms with Gasteiger partial charge in [-0.1, -0.05) is 77.6 Å². The first-order chi connectivity index (χ1) is 13.5. The summed E-state index contributed by atoms with van der Waals surface area (Å²) in [7, 11) is -3.76. The van der Waals surface area contributed by atoms with Gasteiger partial charge >= 0.3 is 0 Å². The molecule has 0 fully saturated rings. The number of benzene rings is 3. The van der Waals surface area contributed by atoms with Crippen LogP contribution in [0.2, 0.25) is 0 Å². The average molecular weight is 407 g/mol. The van der Waals surface area contributed by atoms with E-state index in [2.05, 4.69) is 4.99 Å². The van der Waals surface area contributed by atoms with Crippen LogP contribution < -0.4 is 4.80 Å². The summed E-state index contributed by atoms with van der Waals surface area (Å²) in [6.07, 6.45) is 1.65. The summed E-state index contributed by atoms with van der Waals surface area (Å²) in [5, 5.41) is 0. The molecule has 0 saturated carbocycles. The van der Waals surface area contributed by atoms with Gasteiger partial charge in [-0.2, -0.15) is 0 Å². The van der Waals surface area contributed by atoms with Gasteiger partial charge in [-0.15, -0.1) is 0 Å². The van der Waals surface area contributed by atoms with Crippen molar-refractivity contribution in [1.29, 1.82) is 0 Å². The van der Waals surface area contributed by atoms with Crippen molar-refractivity contribution in [2.75, 3.05) is 0 Å². The third-order valence-corrected chi connectivity index (χ3v) is 7.05. The fraction of sp³-hybridized carbons (Fsp3) is 0.0455. The number of rotatable bonds is 4. The van der Waals surface area contributed by atoms with Crippen molar-refractivity contribution >= 4 is 27.0 Å². The normalized spacial score (nSPS) is 12.2. The van der Waals surface area contributed by atoms with Gasteiger partial charge in [0.2, 0.25) is 4.80 Å². The minimum absolute atomic E-state index is 0.241. The summed E-state index contributed by atoms with van der Waals surface area (Å²) in [6.45, 7) is 1.93. The fourth-order valence-electron chi connectivity index (χ4n) is 2.75. The van der Waals surface area contributed by atoms with Crippen LogP contribution in [0.3, 0.4) is 0 Å². The topological polar surface area (TPSA) is 51.4 Å². The summed E-state index contributed by atoms with van der Waals surface area (Å²) < 4.78 is 27.9. The van der Waals surface area contributed by atoms with Gasteiger partial charge in [0.1, 0.15) is 0 Å². The van der Waals surface area contributed by atoms with Crippen molar-refractivity contribution in [2.45, 2.75) is 11.8 Å². The Hall–Kier alpha value is -2.96. The van der Waals surface area contributed by atoms with Crippen molar-refractivity contribution in [3.05, 3.63) is 101 Å². The number of para-hydroxylation sites is 1. The number of thiazole rings is 1. The molecule has 0 unspecified atom stereocenters. The molecule has 0 aliphatic heterocycles. The maximum absolute atomic E-state index is 13.3. The summed E-state index contributed by atoms with van der Waals surface area (Å²) >= 11 is 1.35. The van der Waals surface area contributed by atoms with Crippen LogP contribution >= 0.6 is 11.3 Å². The van der Waals surface area contributed by atoms with Crippen LogP contribution in [0.1, 0.15) is 5.56 Å². The Morgan fingerprint density at radius 2 is 1.43 bits per heavy atom. The monoisotopic (exact) mass is 406 g/mol. The summed E-state index contributed by atoms with van der Waals surface area (Å²) in [5.41, 5.74) is 2.67. The third kappa shape index (κ3) is 3.69. The highest BCUT2D eigenvalue weighted by Gasteiger charge is 2.20. The first kappa shape index (κ1) is 18.4. The summed E-state index contributed by atoms with van der Waals surface area (Å²) in [4.78, 5) is 6.09. The first-order valence-electron chi connectivity index (χ1n) is 8.74. The highest BCUT2D eigenvalue weighted by atomic mass is 32.2. The lowest BCUT2D eigenvalue weighted by molar-refractivity contribution is 0.586. The zero-order chi connectivity index (χ0) is 19.6. The van der Waals surface area contributed by atoms with Crippen molar-refractivity contribution in [3.63, 3.8) is 0 Å². The van der Waals surface area contributed by atoms with Crippen LogP contribution in [0, 0.1) is 6.92 Å².